The summed E-state index contributed by atoms with van der Waals surface area (Å²) in [6.07, 6.45) is 4.74. The Morgan fingerprint density at radius 1 is 0.700 bits per heavy atom. The second kappa shape index (κ2) is 3.29. The van der Waals surface area contributed by atoms with Crippen LogP contribution in [0.2, 0.25) is 0 Å². The van der Waals surface area contributed by atoms with E-state index in [4.69, 9.17) is 9.47 Å². The van der Waals surface area contributed by atoms with Crippen molar-refractivity contribution in [2.24, 2.45) is 59.2 Å². The van der Waals surface area contributed by atoms with Gasteiger partial charge in [0, 0.05) is 0 Å². The lowest BCUT2D eigenvalue weighted by Gasteiger charge is -2.39. The van der Waals surface area contributed by atoms with Gasteiger partial charge in [-0.2, -0.15) is 0 Å². The molecule has 6 aliphatic carbocycles. The Bertz CT molecular complexity index is 507. The largest absolute Gasteiger partial charge is 0.469 e. The van der Waals surface area contributed by atoms with Gasteiger partial charge < -0.3 is 9.47 Å². The summed E-state index contributed by atoms with van der Waals surface area (Å²) in [6.45, 7) is 0. The molecule has 6 rings (SSSR count). The van der Waals surface area contributed by atoms with E-state index in [-0.39, 0.29) is 23.8 Å². The van der Waals surface area contributed by atoms with Crippen LogP contribution in [0.5, 0.6) is 0 Å². The summed E-state index contributed by atoms with van der Waals surface area (Å²) in [5, 5.41) is 0. The number of methoxy groups -OCH3 is 2. The van der Waals surface area contributed by atoms with E-state index in [1.165, 1.54) is 14.2 Å². The van der Waals surface area contributed by atoms with Crippen molar-refractivity contribution in [3.63, 3.8) is 0 Å². The molecule has 10 atom stereocenters. The maximum atomic E-state index is 12.2. The Hall–Kier alpha value is -1.32. The monoisotopic (exact) mass is 274 g/mol. The molecule has 0 heterocycles. The van der Waals surface area contributed by atoms with Gasteiger partial charge in [-0.1, -0.05) is 12.2 Å². The van der Waals surface area contributed by atoms with Crippen molar-refractivity contribution in [2.75, 3.05) is 14.2 Å². The lowest BCUT2D eigenvalue weighted by Crippen LogP contribution is -2.44. The molecular weight excluding hydrogens is 256 g/mol. The zero-order valence-corrected chi connectivity index (χ0v) is 11.6. The molecule has 4 nitrogen and oxygen atoms in total. The minimum atomic E-state index is -0.261. The molecule has 6 aliphatic rings. The first-order valence-corrected chi connectivity index (χ1v) is 7.54. The maximum Gasteiger partial charge on any atom is 0.309 e. The smallest absolute Gasteiger partial charge is 0.309 e. The van der Waals surface area contributed by atoms with Gasteiger partial charge in [0.1, 0.15) is 0 Å². The first-order valence-electron chi connectivity index (χ1n) is 7.54. The number of esters is 2. The third-order valence-electron chi connectivity index (χ3n) is 7.16. The summed E-state index contributed by atoms with van der Waals surface area (Å²) < 4.78 is 10.0. The van der Waals surface area contributed by atoms with Crippen LogP contribution in [0.3, 0.4) is 0 Å². The lowest BCUT2D eigenvalue weighted by atomic mass is 9.65. The van der Waals surface area contributed by atoms with Gasteiger partial charge in [-0.15, -0.1) is 0 Å². The average Bonchev–Trinajstić information content (AvgIpc) is 3.23. The van der Waals surface area contributed by atoms with Crippen LogP contribution in [0.25, 0.3) is 0 Å². The molecule has 0 spiro atoms. The highest BCUT2D eigenvalue weighted by atomic mass is 16.5. The summed E-state index contributed by atoms with van der Waals surface area (Å²) in [5.41, 5.74) is 0. The van der Waals surface area contributed by atoms with Crippen molar-refractivity contribution in [3.05, 3.63) is 12.2 Å². The van der Waals surface area contributed by atoms with Crippen LogP contribution in [0, 0.1) is 59.2 Å². The van der Waals surface area contributed by atoms with Gasteiger partial charge in [0.15, 0.2) is 0 Å². The van der Waals surface area contributed by atoms with Gasteiger partial charge in [-0.05, 0) is 47.3 Å². The van der Waals surface area contributed by atoms with Crippen molar-refractivity contribution in [2.45, 2.75) is 0 Å². The molecule has 8 bridgehead atoms. The van der Waals surface area contributed by atoms with E-state index >= 15 is 0 Å². The van der Waals surface area contributed by atoms with Crippen molar-refractivity contribution in [1.82, 2.24) is 0 Å². The van der Waals surface area contributed by atoms with E-state index in [1.807, 2.05) is 0 Å². The molecule has 0 aromatic carbocycles. The van der Waals surface area contributed by atoms with E-state index in [9.17, 15) is 9.59 Å². The van der Waals surface area contributed by atoms with Crippen LogP contribution in [-0.2, 0) is 19.1 Å². The fourth-order valence-corrected chi connectivity index (χ4v) is 7.19. The number of carbonyl (C=O) groups excluding carboxylic acids is 2. The predicted octanol–water partition coefficient (Wildman–Crippen LogP) is 1.12. The van der Waals surface area contributed by atoms with Crippen LogP contribution < -0.4 is 0 Å². The van der Waals surface area contributed by atoms with Crippen LogP contribution in [0.15, 0.2) is 12.2 Å². The van der Waals surface area contributed by atoms with Crippen LogP contribution >= 0.6 is 0 Å². The van der Waals surface area contributed by atoms with Gasteiger partial charge >= 0.3 is 11.9 Å². The van der Waals surface area contributed by atoms with E-state index in [0.717, 1.165) is 0 Å². The summed E-state index contributed by atoms with van der Waals surface area (Å²) in [5.74, 6) is 3.61. The molecule has 5 fully saturated rings. The minimum absolute atomic E-state index is 0.205. The summed E-state index contributed by atoms with van der Waals surface area (Å²) in [6, 6.07) is 0. The molecule has 0 amide bonds. The van der Waals surface area contributed by atoms with Crippen molar-refractivity contribution < 1.29 is 19.1 Å². The number of hydrogen-bond donors (Lipinski definition) is 0. The summed E-state index contributed by atoms with van der Waals surface area (Å²) in [4.78, 5) is 24.5. The summed E-state index contributed by atoms with van der Waals surface area (Å²) >= 11 is 0. The Kier molecular flexibility index (Phi) is 1.87. The molecule has 4 heteroatoms. The Balaban J connectivity index is 1.61. The first kappa shape index (κ1) is 11.4. The van der Waals surface area contributed by atoms with Crippen molar-refractivity contribution in [1.29, 1.82) is 0 Å². The Morgan fingerprint density at radius 2 is 1.15 bits per heavy atom. The topological polar surface area (TPSA) is 52.6 Å². The molecule has 0 aliphatic heterocycles. The quantitative estimate of drug-likeness (QED) is 0.559. The molecule has 0 aromatic heterocycles. The van der Waals surface area contributed by atoms with Gasteiger partial charge in [-0.3, -0.25) is 9.59 Å². The molecule has 0 radical (unpaired) electrons. The van der Waals surface area contributed by atoms with Crippen molar-refractivity contribution in [3.8, 4) is 0 Å². The number of ether oxygens (including phenoxy) is 2. The molecule has 106 valence electrons. The maximum absolute atomic E-state index is 12.2. The van der Waals surface area contributed by atoms with E-state index in [1.54, 1.807) is 0 Å². The lowest BCUT2D eigenvalue weighted by molar-refractivity contribution is -0.163. The van der Waals surface area contributed by atoms with Crippen LogP contribution in [0.1, 0.15) is 0 Å². The zero-order valence-electron chi connectivity index (χ0n) is 11.6. The number of rotatable bonds is 2. The second-order valence-corrected chi connectivity index (χ2v) is 7.10. The third-order valence-corrected chi connectivity index (χ3v) is 7.16. The molecular formula is C16H18O4. The van der Waals surface area contributed by atoms with Crippen LogP contribution in [0.4, 0.5) is 0 Å². The average molecular weight is 274 g/mol. The fraction of sp³-hybridized carbons (Fsp3) is 0.750. The zero-order chi connectivity index (χ0) is 13.8. The highest BCUT2D eigenvalue weighted by Gasteiger charge is 2.82. The molecule has 5 saturated carbocycles. The van der Waals surface area contributed by atoms with Gasteiger partial charge in [-0.25, -0.2) is 0 Å². The summed E-state index contributed by atoms with van der Waals surface area (Å²) in [7, 11) is 2.86. The first-order chi connectivity index (χ1) is 9.70. The molecule has 2 unspecified atom stereocenters. The number of carbonyl (C=O) groups is 2. The van der Waals surface area contributed by atoms with Gasteiger partial charge in [0.05, 0.1) is 26.1 Å². The molecule has 0 saturated heterocycles. The van der Waals surface area contributed by atoms with E-state index in [0.29, 0.717) is 47.3 Å². The Labute approximate surface area is 117 Å². The highest BCUT2D eigenvalue weighted by molar-refractivity contribution is 5.84. The number of allylic oxidation sites excluding steroid dienone is 2. The fourth-order valence-electron chi connectivity index (χ4n) is 7.19. The van der Waals surface area contributed by atoms with E-state index < -0.39 is 0 Å². The molecule has 0 N–H and O–H groups in total. The molecule has 20 heavy (non-hydrogen) atoms. The highest BCUT2D eigenvalue weighted by Crippen LogP contribution is 2.83. The van der Waals surface area contributed by atoms with Gasteiger partial charge in [0.25, 0.3) is 0 Å². The normalized spacial score (nSPS) is 58.7. The van der Waals surface area contributed by atoms with Gasteiger partial charge in [0.2, 0.25) is 0 Å². The van der Waals surface area contributed by atoms with E-state index in [2.05, 4.69) is 12.2 Å². The standard InChI is InChI=1S/C16H18O4/c1-19-15(17)13-11-8-5-3-4-6-7(5)10(11)12(9(6)8)14(13)16(18)20-2/h3-14H,1-2H3/t5-,6-,7?,8-,9+,10?,11-,12-,13+,14+/m1/s1. The SMILES string of the molecule is COC(=O)[C@@H]1[C@@H](C(=O)OC)[C@H]2C3C4[C@H]5C=C[C@H]4[C@@H]2[C@H]5[C@H]31. The minimum Gasteiger partial charge on any atom is -0.469 e. The van der Waals surface area contributed by atoms with Crippen LogP contribution in [-0.4, -0.2) is 26.2 Å². The third kappa shape index (κ3) is 0.895. The predicted molar refractivity (Wildman–Crippen MR) is 68.1 cm³/mol. The van der Waals surface area contributed by atoms with Crippen molar-refractivity contribution >= 4 is 11.9 Å². The number of hydrogen-bond acceptors (Lipinski definition) is 4. The Morgan fingerprint density at radius 3 is 1.55 bits per heavy atom. The molecule has 0 aromatic rings. The second-order valence-electron chi connectivity index (χ2n) is 7.10.